The van der Waals surface area contributed by atoms with Gasteiger partial charge in [0.05, 0.1) is 16.8 Å². The molecule has 2 N–H and O–H groups in total. The molecule has 2 rings (SSSR count). The second kappa shape index (κ2) is 4.31. The van der Waals surface area contributed by atoms with Crippen LogP contribution in [0.15, 0.2) is 15.4 Å². The van der Waals surface area contributed by atoms with E-state index in [1.165, 1.54) is 6.07 Å². The largest absolute Gasteiger partial charge is 0.392 e. The molecule has 0 amide bonds. The Morgan fingerprint density at radius 1 is 1.73 bits per heavy atom. The summed E-state index contributed by atoms with van der Waals surface area (Å²) in [5, 5.41) is 12.4. The zero-order valence-electron chi connectivity index (χ0n) is 8.18. The van der Waals surface area contributed by atoms with Gasteiger partial charge in [-0.05, 0) is 28.9 Å². The highest BCUT2D eigenvalue weighted by atomic mass is 79.9. The third kappa shape index (κ3) is 2.00. The van der Waals surface area contributed by atoms with Crippen molar-refractivity contribution in [3.05, 3.63) is 21.9 Å². The van der Waals surface area contributed by atoms with Gasteiger partial charge in [-0.3, -0.25) is 0 Å². The summed E-state index contributed by atoms with van der Waals surface area (Å²) in [7, 11) is 0. The molecule has 15 heavy (non-hydrogen) atoms. The first kappa shape index (κ1) is 11.2. The first-order chi connectivity index (χ1) is 7.13. The van der Waals surface area contributed by atoms with Crippen LogP contribution in [0.3, 0.4) is 0 Å². The van der Waals surface area contributed by atoms with Crippen LogP contribution < -0.4 is 5.32 Å². The number of hydrogen-bond acceptors (Lipinski definition) is 3. The molecule has 1 aromatic carbocycles. The van der Waals surface area contributed by atoms with E-state index < -0.39 is 0 Å². The molecule has 0 saturated heterocycles. The number of aliphatic hydroxyl groups excluding tert-OH is 1. The molecule has 0 radical (unpaired) electrons. The van der Waals surface area contributed by atoms with Crippen LogP contribution in [0.2, 0.25) is 0 Å². The lowest BCUT2D eigenvalue weighted by Gasteiger charge is -2.26. The summed E-state index contributed by atoms with van der Waals surface area (Å²) in [4.78, 5) is 0.858. The highest BCUT2D eigenvalue weighted by Gasteiger charge is 2.22. The van der Waals surface area contributed by atoms with Gasteiger partial charge < -0.3 is 10.4 Å². The first-order valence-corrected chi connectivity index (χ1v) is 6.42. The molecule has 0 saturated carbocycles. The maximum Gasteiger partial charge on any atom is 0.139 e. The molecular weight excluding hydrogens is 281 g/mol. The van der Waals surface area contributed by atoms with Crippen molar-refractivity contribution in [2.45, 2.75) is 24.5 Å². The SMILES string of the molecule is CC1CSc2c(Br)c(F)cc(CO)c2N1. The van der Waals surface area contributed by atoms with E-state index in [1.807, 2.05) is 0 Å². The van der Waals surface area contributed by atoms with Gasteiger partial charge in [0, 0.05) is 22.3 Å². The zero-order valence-corrected chi connectivity index (χ0v) is 10.6. The molecular formula is C10H11BrFNOS. The summed E-state index contributed by atoms with van der Waals surface area (Å²) in [5.41, 5.74) is 1.47. The van der Waals surface area contributed by atoms with E-state index in [4.69, 9.17) is 5.11 Å². The molecule has 1 heterocycles. The standard InChI is InChI=1S/C10H11BrFNOS/c1-5-4-15-10-8(11)7(12)2-6(3-14)9(10)13-5/h2,5,13-14H,3-4H2,1H3. The van der Waals surface area contributed by atoms with Gasteiger partial charge in [-0.1, -0.05) is 0 Å². The lowest BCUT2D eigenvalue weighted by molar-refractivity contribution is 0.281. The number of rotatable bonds is 1. The predicted molar refractivity (Wildman–Crippen MR) is 63.8 cm³/mol. The molecule has 1 aromatic rings. The number of hydrogen-bond donors (Lipinski definition) is 2. The van der Waals surface area contributed by atoms with Crippen molar-refractivity contribution in [1.29, 1.82) is 0 Å². The molecule has 5 heteroatoms. The van der Waals surface area contributed by atoms with Crippen molar-refractivity contribution in [1.82, 2.24) is 0 Å². The second-order valence-electron chi connectivity index (χ2n) is 3.55. The van der Waals surface area contributed by atoms with Crippen LogP contribution in [0, 0.1) is 5.82 Å². The Morgan fingerprint density at radius 3 is 3.13 bits per heavy atom. The fourth-order valence-electron chi connectivity index (χ4n) is 1.57. The molecule has 1 aliphatic heterocycles. The van der Waals surface area contributed by atoms with E-state index in [2.05, 4.69) is 28.2 Å². The van der Waals surface area contributed by atoms with E-state index in [1.54, 1.807) is 11.8 Å². The van der Waals surface area contributed by atoms with Gasteiger partial charge in [-0.25, -0.2) is 4.39 Å². The number of anilines is 1. The van der Waals surface area contributed by atoms with Gasteiger partial charge in [0.2, 0.25) is 0 Å². The van der Waals surface area contributed by atoms with Crippen molar-refractivity contribution in [3.63, 3.8) is 0 Å². The Bertz CT molecular complexity index is 399. The van der Waals surface area contributed by atoms with E-state index in [9.17, 15) is 4.39 Å². The van der Waals surface area contributed by atoms with E-state index in [-0.39, 0.29) is 12.4 Å². The maximum atomic E-state index is 13.5. The van der Waals surface area contributed by atoms with Gasteiger partial charge in [0.1, 0.15) is 5.82 Å². The van der Waals surface area contributed by atoms with Crippen molar-refractivity contribution < 1.29 is 9.50 Å². The Morgan fingerprint density at radius 2 is 2.47 bits per heavy atom. The highest BCUT2D eigenvalue weighted by molar-refractivity contribution is 9.10. The minimum Gasteiger partial charge on any atom is -0.392 e. The molecule has 0 bridgehead atoms. The number of aliphatic hydroxyl groups is 1. The van der Waals surface area contributed by atoms with E-state index in [0.29, 0.717) is 16.1 Å². The monoisotopic (exact) mass is 291 g/mol. The first-order valence-electron chi connectivity index (χ1n) is 4.64. The molecule has 1 atom stereocenters. The van der Waals surface area contributed by atoms with Crippen LogP contribution in [0.1, 0.15) is 12.5 Å². The van der Waals surface area contributed by atoms with Gasteiger partial charge in [-0.2, -0.15) is 0 Å². The van der Waals surface area contributed by atoms with Crippen LogP contribution in [0.4, 0.5) is 10.1 Å². The molecule has 2 nitrogen and oxygen atoms in total. The van der Waals surface area contributed by atoms with E-state index >= 15 is 0 Å². The summed E-state index contributed by atoms with van der Waals surface area (Å²) in [5.74, 6) is 0.585. The number of thioether (sulfide) groups is 1. The fraction of sp³-hybridized carbons (Fsp3) is 0.400. The molecule has 82 valence electrons. The van der Waals surface area contributed by atoms with Crippen molar-refractivity contribution in [3.8, 4) is 0 Å². The van der Waals surface area contributed by atoms with E-state index in [0.717, 1.165) is 16.3 Å². The lowest BCUT2D eigenvalue weighted by Crippen LogP contribution is -2.23. The smallest absolute Gasteiger partial charge is 0.139 e. The molecule has 1 unspecified atom stereocenters. The Balaban J connectivity index is 2.57. The lowest BCUT2D eigenvalue weighted by atomic mass is 10.1. The summed E-state index contributed by atoms with van der Waals surface area (Å²) in [6, 6.07) is 1.71. The molecule has 0 spiro atoms. The van der Waals surface area contributed by atoms with Crippen LogP contribution in [-0.2, 0) is 6.61 Å². The fourth-order valence-corrected chi connectivity index (χ4v) is 3.28. The average molecular weight is 292 g/mol. The Hall–Kier alpha value is -0.260. The van der Waals surface area contributed by atoms with Crippen molar-refractivity contribution in [2.75, 3.05) is 11.1 Å². The van der Waals surface area contributed by atoms with Crippen molar-refractivity contribution in [2.24, 2.45) is 0 Å². The minimum absolute atomic E-state index is 0.146. The number of halogens is 2. The zero-order chi connectivity index (χ0) is 11.0. The third-order valence-corrected chi connectivity index (χ3v) is 4.70. The van der Waals surface area contributed by atoms with Gasteiger partial charge in [-0.15, -0.1) is 11.8 Å². The normalized spacial score (nSPS) is 19.6. The van der Waals surface area contributed by atoms with Crippen LogP contribution in [-0.4, -0.2) is 16.9 Å². The third-order valence-electron chi connectivity index (χ3n) is 2.30. The summed E-state index contributed by atoms with van der Waals surface area (Å²) < 4.78 is 13.9. The Labute approximate surface area is 100 Å². The number of benzene rings is 1. The predicted octanol–water partition coefficient (Wildman–Crippen LogP) is 2.99. The summed E-state index contributed by atoms with van der Waals surface area (Å²) in [6.45, 7) is 1.92. The quantitative estimate of drug-likeness (QED) is 0.834. The minimum atomic E-state index is -0.318. The van der Waals surface area contributed by atoms with Gasteiger partial charge >= 0.3 is 0 Å². The van der Waals surface area contributed by atoms with Crippen LogP contribution in [0.5, 0.6) is 0 Å². The molecule has 0 aromatic heterocycles. The van der Waals surface area contributed by atoms with Crippen molar-refractivity contribution >= 4 is 33.4 Å². The number of nitrogens with one attached hydrogen (secondary N) is 1. The van der Waals surface area contributed by atoms with Gasteiger partial charge in [0.15, 0.2) is 0 Å². The highest BCUT2D eigenvalue weighted by Crippen LogP contribution is 2.42. The number of fused-ring (bicyclic) bond motifs is 1. The molecule has 0 fully saturated rings. The van der Waals surface area contributed by atoms with Crippen LogP contribution in [0.25, 0.3) is 0 Å². The average Bonchev–Trinajstić information content (AvgIpc) is 2.23. The topological polar surface area (TPSA) is 32.3 Å². The molecule has 1 aliphatic rings. The van der Waals surface area contributed by atoms with Gasteiger partial charge in [0.25, 0.3) is 0 Å². The summed E-state index contributed by atoms with van der Waals surface area (Å²) >= 11 is 4.84. The molecule has 0 aliphatic carbocycles. The Kier molecular flexibility index (Phi) is 3.23. The van der Waals surface area contributed by atoms with Crippen LogP contribution >= 0.6 is 27.7 Å². The maximum absolute atomic E-state index is 13.5. The second-order valence-corrected chi connectivity index (χ2v) is 5.37. The summed E-state index contributed by atoms with van der Waals surface area (Å²) in [6.07, 6.45) is 0.